The maximum absolute atomic E-state index is 12.4. The van der Waals surface area contributed by atoms with Crippen LogP contribution in [-0.2, 0) is 11.3 Å². The van der Waals surface area contributed by atoms with Crippen LogP contribution in [0.1, 0.15) is 37.0 Å². The van der Waals surface area contributed by atoms with E-state index < -0.39 is 0 Å². The minimum Gasteiger partial charge on any atom is -0.356 e. The van der Waals surface area contributed by atoms with Crippen molar-refractivity contribution in [2.45, 2.75) is 38.6 Å². The summed E-state index contributed by atoms with van der Waals surface area (Å²) >= 11 is 1.83. The lowest BCUT2D eigenvalue weighted by Crippen LogP contribution is -2.42. The molecule has 1 aliphatic heterocycles. The molecule has 1 aromatic heterocycles. The molecule has 0 radical (unpaired) electrons. The molecule has 0 bridgehead atoms. The van der Waals surface area contributed by atoms with Gasteiger partial charge in [0.2, 0.25) is 5.91 Å². The minimum absolute atomic E-state index is 0. The van der Waals surface area contributed by atoms with Crippen molar-refractivity contribution >= 4 is 42.1 Å². The van der Waals surface area contributed by atoms with Crippen LogP contribution in [0.3, 0.4) is 0 Å². The zero-order valence-corrected chi connectivity index (χ0v) is 17.1. The van der Waals surface area contributed by atoms with Gasteiger partial charge in [-0.15, -0.1) is 36.2 Å². The SMILES string of the molecule is Cl.Cl.NC[C@H]1CCC[C@H]1C(=O)NCC1CCCN(Cc2cccs2)C1. The van der Waals surface area contributed by atoms with E-state index in [9.17, 15) is 4.79 Å². The summed E-state index contributed by atoms with van der Waals surface area (Å²) in [6.07, 6.45) is 5.75. The number of hydrogen-bond donors (Lipinski definition) is 2. The van der Waals surface area contributed by atoms with E-state index in [4.69, 9.17) is 5.73 Å². The third kappa shape index (κ3) is 6.40. The van der Waals surface area contributed by atoms with Crippen molar-refractivity contribution in [3.05, 3.63) is 22.4 Å². The molecule has 7 heteroatoms. The van der Waals surface area contributed by atoms with E-state index in [1.807, 2.05) is 11.3 Å². The summed E-state index contributed by atoms with van der Waals surface area (Å²) in [5, 5.41) is 5.36. The van der Waals surface area contributed by atoms with Crippen LogP contribution in [0.2, 0.25) is 0 Å². The molecule has 4 nitrogen and oxygen atoms in total. The number of carbonyl (C=O) groups excluding carboxylic acids is 1. The van der Waals surface area contributed by atoms with E-state index in [0.717, 1.165) is 38.9 Å². The number of amides is 1. The third-order valence-electron chi connectivity index (χ3n) is 5.43. The number of thiophene rings is 1. The molecule has 1 unspecified atom stereocenters. The van der Waals surface area contributed by atoms with Gasteiger partial charge in [0, 0.05) is 30.4 Å². The second-order valence-electron chi connectivity index (χ2n) is 7.10. The Morgan fingerprint density at radius 1 is 1.28 bits per heavy atom. The Labute approximate surface area is 167 Å². The van der Waals surface area contributed by atoms with Crippen LogP contribution >= 0.6 is 36.2 Å². The molecule has 1 saturated carbocycles. The molecule has 2 heterocycles. The fraction of sp³-hybridized carbons (Fsp3) is 0.722. The highest BCUT2D eigenvalue weighted by Gasteiger charge is 2.32. The molecule has 25 heavy (non-hydrogen) atoms. The van der Waals surface area contributed by atoms with Crippen LogP contribution in [0.15, 0.2) is 17.5 Å². The van der Waals surface area contributed by atoms with Crippen molar-refractivity contribution in [3.8, 4) is 0 Å². The largest absolute Gasteiger partial charge is 0.356 e. The fourth-order valence-corrected chi connectivity index (χ4v) is 4.87. The number of nitrogens with zero attached hydrogens (tertiary/aromatic N) is 1. The number of piperidine rings is 1. The summed E-state index contributed by atoms with van der Waals surface area (Å²) in [5.74, 6) is 1.39. The molecule has 0 spiro atoms. The number of carbonyl (C=O) groups is 1. The molecule has 2 aliphatic rings. The van der Waals surface area contributed by atoms with E-state index >= 15 is 0 Å². The molecule has 1 aliphatic carbocycles. The summed E-state index contributed by atoms with van der Waals surface area (Å²) < 4.78 is 0. The summed E-state index contributed by atoms with van der Waals surface area (Å²) in [4.78, 5) is 16.4. The van der Waals surface area contributed by atoms with Gasteiger partial charge in [-0.05, 0) is 62.1 Å². The molecule has 1 aromatic rings. The Kier molecular flexibility index (Phi) is 10.4. The van der Waals surface area contributed by atoms with Crippen LogP contribution in [0.25, 0.3) is 0 Å². The first-order valence-corrected chi connectivity index (χ1v) is 9.86. The second kappa shape index (κ2) is 11.4. The third-order valence-corrected chi connectivity index (χ3v) is 6.29. The Hall–Kier alpha value is -0.330. The number of nitrogens with one attached hydrogen (secondary N) is 1. The maximum Gasteiger partial charge on any atom is 0.223 e. The minimum atomic E-state index is 0. The molecule has 144 valence electrons. The van der Waals surface area contributed by atoms with Gasteiger partial charge in [-0.2, -0.15) is 0 Å². The normalized spacial score (nSPS) is 26.5. The standard InChI is InChI=1S/C18H29N3OS.2ClH/c19-10-15-5-1-7-17(15)18(22)20-11-14-4-2-8-21(12-14)13-16-6-3-9-23-16;;/h3,6,9,14-15,17H,1-2,4-5,7-8,10-13,19H2,(H,20,22);2*1H/t14?,15-,17-;;/m1../s1. The number of rotatable bonds is 6. The molecule has 0 aromatic carbocycles. The molecule has 3 rings (SSSR count). The van der Waals surface area contributed by atoms with Gasteiger partial charge in [0.15, 0.2) is 0 Å². The van der Waals surface area contributed by atoms with Gasteiger partial charge in [0.25, 0.3) is 0 Å². The monoisotopic (exact) mass is 407 g/mol. The van der Waals surface area contributed by atoms with Crippen molar-refractivity contribution < 1.29 is 4.79 Å². The van der Waals surface area contributed by atoms with Gasteiger partial charge in [-0.25, -0.2) is 0 Å². The Bertz CT molecular complexity index is 501. The highest BCUT2D eigenvalue weighted by molar-refractivity contribution is 7.09. The van der Waals surface area contributed by atoms with Crippen LogP contribution in [0.4, 0.5) is 0 Å². The summed E-state index contributed by atoms with van der Waals surface area (Å²) in [6.45, 7) is 4.81. The van der Waals surface area contributed by atoms with Gasteiger partial charge < -0.3 is 11.1 Å². The second-order valence-corrected chi connectivity index (χ2v) is 8.13. The smallest absolute Gasteiger partial charge is 0.223 e. The Balaban J connectivity index is 0.00000156. The van der Waals surface area contributed by atoms with E-state index in [-0.39, 0.29) is 36.6 Å². The molecule has 3 N–H and O–H groups in total. The fourth-order valence-electron chi connectivity index (χ4n) is 4.12. The van der Waals surface area contributed by atoms with E-state index in [1.165, 1.54) is 24.3 Å². The summed E-state index contributed by atoms with van der Waals surface area (Å²) in [5.41, 5.74) is 5.80. The van der Waals surface area contributed by atoms with Gasteiger partial charge in [0.05, 0.1) is 0 Å². The Morgan fingerprint density at radius 2 is 2.12 bits per heavy atom. The lowest BCUT2D eigenvalue weighted by atomic mass is 9.94. The topological polar surface area (TPSA) is 58.4 Å². The van der Waals surface area contributed by atoms with Crippen LogP contribution in [0.5, 0.6) is 0 Å². The van der Waals surface area contributed by atoms with E-state index in [0.29, 0.717) is 18.4 Å². The number of likely N-dealkylation sites (tertiary alicyclic amines) is 1. The molecule has 1 amide bonds. The van der Waals surface area contributed by atoms with Gasteiger partial charge in [0.1, 0.15) is 0 Å². The first kappa shape index (κ1) is 22.7. The van der Waals surface area contributed by atoms with Gasteiger partial charge in [-0.1, -0.05) is 12.5 Å². The zero-order chi connectivity index (χ0) is 16.1. The number of hydrogen-bond acceptors (Lipinski definition) is 4. The summed E-state index contributed by atoms with van der Waals surface area (Å²) in [7, 11) is 0. The first-order valence-electron chi connectivity index (χ1n) is 8.98. The van der Waals surface area contributed by atoms with Crippen molar-refractivity contribution in [1.29, 1.82) is 0 Å². The summed E-state index contributed by atoms with van der Waals surface area (Å²) in [6, 6.07) is 4.33. The molecule has 3 atom stereocenters. The average molecular weight is 408 g/mol. The van der Waals surface area contributed by atoms with E-state index in [1.54, 1.807) is 0 Å². The van der Waals surface area contributed by atoms with Crippen molar-refractivity contribution in [3.63, 3.8) is 0 Å². The Morgan fingerprint density at radius 3 is 2.84 bits per heavy atom. The van der Waals surface area contributed by atoms with E-state index in [2.05, 4.69) is 27.7 Å². The zero-order valence-electron chi connectivity index (χ0n) is 14.7. The van der Waals surface area contributed by atoms with Crippen molar-refractivity contribution in [2.24, 2.45) is 23.5 Å². The highest BCUT2D eigenvalue weighted by Crippen LogP contribution is 2.31. The lowest BCUT2D eigenvalue weighted by molar-refractivity contribution is -0.126. The van der Waals surface area contributed by atoms with Gasteiger partial charge >= 0.3 is 0 Å². The highest BCUT2D eigenvalue weighted by atomic mass is 35.5. The lowest BCUT2D eigenvalue weighted by Gasteiger charge is -2.32. The van der Waals surface area contributed by atoms with Crippen LogP contribution < -0.4 is 11.1 Å². The quantitative estimate of drug-likeness (QED) is 0.760. The predicted octanol–water partition coefficient (Wildman–Crippen LogP) is 3.29. The molecule has 2 fully saturated rings. The predicted molar refractivity (Wildman–Crippen MR) is 110 cm³/mol. The number of nitrogens with two attached hydrogens (primary N) is 1. The number of halogens is 2. The van der Waals surface area contributed by atoms with Crippen LogP contribution in [-0.4, -0.2) is 37.0 Å². The average Bonchev–Trinajstić information content (AvgIpc) is 3.24. The molecular formula is C18H31Cl2N3OS. The van der Waals surface area contributed by atoms with Crippen molar-refractivity contribution in [2.75, 3.05) is 26.2 Å². The van der Waals surface area contributed by atoms with Crippen LogP contribution in [0, 0.1) is 17.8 Å². The van der Waals surface area contributed by atoms with Crippen molar-refractivity contribution in [1.82, 2.24) is 10.2 Å². The molecule has 1 saturated heterocycles. The van der Waals surface area contributed by atoms with Gasteiger partial charge in [-0.3, -0.25) is 9.69 Å². The molecular weight excluding hydrogens is 377 g/mol. The first-order chi connectivity index (χ1) is 11.3. The maximum atomic E-state index is 12.4.